The van der Waals surface area contributed by atoms with Crippen LogP contribution in [0.4, 0.5) is 0 Å². The number of thiazole rings is 1. The second kappa shape index (κ2) is 6.00. The van der Waals surface area contributed by atoms with E-state index in [9.17, 15) is 0 Å². The lowest BCUT2D eigenvalue weighted by Crippen LogP contribution is -2.35. The Labute approximate surface area is 108 Å². The van der Waals surface area contributed by atoms with Gasteiger partial charge in [0.1, 0.15) is 0 Å². The molecule has 0 aliphatic rings. The van der Waals surface area contributed by atoms with Crippen LogP contribution in [0, 0.1) is 13.8 Å². The van der Waals surface area contributed by atoms with Crippen LogP contribution in [-0.4, -0.2) is 55.5 Å². The number of aromatic nitrogens is 1. The van der Waals surface area contributed by atoms with Crippen molar-refractivity contribution < 1.29 is 0 Å². The maximum atomic E-state index is 4.62. The van der Waals surface area contributed by atoms with Crippen molar-refractivity contribution in [2.24, 2.45) is 4.99 Å². The van der Waals surface area contributed by atoms with Crippen LogP contribution >= 0.6 is 11.3 Å². The molecule has 1 heterocycles. The van der Waals surface area contributed by atoms with Gasteiger partial charge in [-0.3, -0.25) is 4.99 Å². The molecule has 0 aliphatic carbocycles. The first-order chi connectivity index (χ1) is 7.91. The van der Waals surface area contributed by atoms with Crippen molar-refractivity contribution in [1.29, 1.82) is 0 Å². The zero-order valence-corrected chi connectivity index (χ0v) is 12.4. The van der Waals surface area contributed by atoms with Gasteiger partial charge >= 0.3 is 0 Å². The SMILES string of the molecule is Cc1nc(C)c(CCN=C(N(C)C)N(C)C)s1. The molecule has 4 nitrogen and oxygen atoms in total. The van der Waals surface area contributed by atoms with Crippen molar-refractivity contribution in [1.82, 2.24) is 14.8 Å². The van der Waals surface area contributed by atoms with Gasteiger partial charge in [0.05, 0.1) is 10.7 Å². The Morgan fingerprint density at radius 3 is 2.18 bits per heavy atom. The fourth-order valence-corrected chi connectivity index (χ4v) is 2.67. The molecule has 0 N–H and O–H groups in total. The molecule has 0 saturated heterocycles. The molecule has 96 valence electrons. The minimum atomic E-state index is 0.814. The number of rotatable bonds is 3. The normalized spacial score (nSPS) is 10.2. The van der Waals surface area contributed by atoms with Crippen molar-refractivity contribution in [3.05, 3.63) is 15.6 Å². The molecular weight excluding hydrogens is 232 g/mol. The molecule has 17 heavy (non-hydrogen) atoms. The Hall–Kier alpha value is -1.10. The lowest BCUT2D eigenvalue weighted by Gasteiger charge is -2.22. The van der Waals surface area contributed by atoms with Gasteiger partial charge in [0.15, 0.2) is 5.96 Å². The third kappa shape index (κ3) is 4.00. The van der Waals surface area contributed by atoms with E-state index in [4.69, 9.17) is 0 Å². The predicted octanol–water partition coefficient (Wildman–Crippen LogP) is 1.78. The summed E-state index contributed by atoms with van der Waals surface area (Å²) in [6.45, 7) is 4.94. The Morgan fingerprint density at radius 2 is 1.76 bits per heavy atom. The molecule has 0 atom stereocenters. The Bertz CT molecular complexity index is 383. The fourth-order valence-electron chi connectivity index (χ4n) is 1.75. The van der Waals surface area contributed by atoms with Gasteiger partial charge < -0.3 is 9.80 Å². The molecule has 0 unspecified atom stereocenters. The van der Waals surface area contributed by atoms with Crippen LogP contribution in [0.2, 0.25) is 0 Å². The predicted molar refractivity (Wildman–Crippen MR) is 75.0 cm³/mol. The summed E-state index contributed by atoms with van der Waals surface area (Å²) in [6, 6.07) is 0. The summed E-state index contributed by atoms with van der Waals surface area (Å²) in [5, 5.41) is 1.14. The average molecular weight is 254 g/mol. The summed E-state index contributed by atoms with van der Waals surface area (Å²) in [5.41, 5.74) is 1.15. The van der Waals surface area contributed by atoms with Gasteiger partial charge in [0, 0.05) is 46.0 Å². The second-order valence-corrected chi connectivity index (χ2v) is 5.75. The molecule has 0 radical (unpaired) electrons. The van der Waals surface area contributed by atoms with Gasteiger partial charge in [-0.15, -0.1) is 11.3 Å². The van der Waals surface area contributed by atoms with Crippen molar-refractivity contribution in [3.8, 4) is 0 Å². The molecule has 0 amide bonds. The average Bonchev–Trinajstić information content (AvgIpc) is 2.51. The van der Waals surface area contributed by atoms with Crippen molar-refractivity contribution in [2.75, 3.05) is 34.7 Å². The molecule has 0 bridgehead atoms. The van der Waals surface area contributed by atoms with E-state index in [1.165, 1.54) is 4.88 Å². The molecular formula is C12H22N4S. The van der Waals surface area contributed by atoms with E-state index < -0.39 is 0 Å². The minimum absolute atomic E-state index is 0.814. The zero-order chi connectivity index (χ0) is 13.0. The van der Waals surface area contributed by atoms with E-state index in [0.29, 0.717) is 0 Å². The van der Waals surface area contributed by atoms with E-state index in [1.807, 2.05) is 38.0 Å². The van der Waals surface area contributed by atoms with Crippen LogP contribution in [0.1, 0.15) is 15.6 Å². The molecule has 0 spiro atoms. The third-order valence-electron chi connectivity index (χ3n) is 2.39. The topological polar surface area (TPSA) is 31.7 Å². The monoisotopic (exact) mass is 254 g/mol. The molecule has 0 saturated carbocycles. The van der Waals surface area contributed by atoms with Gasteiger partial charge in [-0.2, -0.15) is 0 Å². The van der Waals surface area contributed by atoms with E-state index in [2.05, 4.69) is 23.8 Å². The van der Waals surface area contributed by atoms with Crippen LogP contribution in [0.25, 0.3) is 0 Å². The lowest BCUT2D eigenvalue weighted by atomic mass is 10.3. The quantitative estimate of drug-likeness (QED) is 0.609. The highest BCUT2D eigenvalue weighted by Gasteiger charge is 2.06. The number of guanidine groups is 1. The number of nitrogens with zero attached hydrogens (tertiary/aromatic N) is 4. The van der Waals surface area contributed by atoms with Crippen LogP contribution < -0.4 is 0 Å². The van der Waals surface area contributed by atoms with Crippen molar-refractivity contribution in [2.45, 2.75) is 20.3 Å². The van der Waals surface area contributed by atoms with Crippen LogP contribution in [-0.2, 0) is 6.42 Å². The zero-order valence-electron chi connectivity index (χ0n) is 11.6. The maximum absolute atomic E-state index is 4.62. The maximum Gasteiger partial charge on any atom is 0.195 e. The first kappa shape index (κ1) is 14.0. The molecule has 0 aliphatic heterocycles. The largest absolute Gasteiger partial charge is 0.349 e. The van der Waals surface area contributed by atoms with Crippen LogP contribution in [0.15, 0.2) is 4.99 Å². The van der Waals surface area contributed by atoms with Crippen LogP contribution in [0.3, 0.4) is 0 Å². The summed E-state index contributed by atoms with van der Waals surface area (Å²) in [4.78, 5) is 14.5. The third-order valence-corrected chi connectivity index (χ3v) is 3.52. The standard InChI is InChI=1S/C12H22N4S/c1-9-11(17-10(2)14-9)7-8-13-12(15(3)4)16(5)6/h7-8H2,1-6H3. The molecule has 1 rings (SSSR count). The fraction of sp³-hybridized carbons (Fsp3) is 0.667. The summed E-state index contributed by atoms with van der Waals surface area (Å²) < 4.78 is 0. The van der Waals surface area contributed by atoms with Gasteiger partial charge in [-0.1, -0.05) is 0 Å². The number of hydrogen-bond acceptors (Lipinski definition) is 3. The molecule has 0 fully saturated rings. The van der Waals surface area contributed by atoms with E-state index in [-0.39, 0.29) is 0 Å². The summed E-state index contributed by atoms with van der Waals surface area (Å²) in [6.07, 6.45) is 0.975. The molecule has 5 heteroatoms. The molecule has 1 aromatic heterocycles. The molecule has 0 aromatic carbocycles. The number of hydrogen-bond donors (Lipinski definition) is 0. The molecule has 1 aromatic rings. The first-order valence-electron chi connectivity index (χ1n) is 5.73. The Balaban J connectivity index is 2.62. The van der Waals surface area contributed by atoms with E-state index in [0.717, 1.165) is 29.6 Å². The minimum Gasteiger partial charge on any atom is -0.349 e. The van der Waals surface area contributed by atoms with Crippen molar-refractivity contribution in [3.63, 3.8) is 0 Å². The second-order valence-electron chi connectivity index (χ2n) is 4.46. The number of aliphatic imine (C=N–C) groups is 1. The van der Waals surface area contributed by atoms with E-state index in [1.54, 1.807) is 11.3 Å². The highest BCUT2D eigenvalue weighted by molar-refractivity contribution is 7.11. The Morgan fingerprint density at radius 1 is 1.18 bits per heavy atom. The first-order valence-corrected chi connectivity index (χ1v) is 6.55. The van der Waals surface area contributed by atoms with Gasteiger partial charge in [-0.25, -0.2) is 4.98 Å². The van der Waals surface area contributed by atoms with Crippen LogP contribution in [0.5, 0.6) is 0 Å². The highest BCUT2D eigenvalue weighted by atomic mass is 32.1. The summed E-state index contributed by atoms with van der Waals surface area (Å²) >= 11 is 1.78. The van der Waals surface area contributed by atoms with E-state index >= 15 is 0 Å². The summed E-state index contributed by atoms with van der Waals surface area (Å²) in [5.74, 6) is 1.00. The number of aryl methyl sites for hydroxylation is 2. The van der Waals surface area contributed by atoms with Crippen molar-refractivity contribution >= 4 is 17.3 Å². The lowest BCUT2D eigenvalue weighted by molar-refractivity contribution is 0.479. The smallest absolute Gasteiger partial charge is 0.195 e. The van der Waals surface area contributed by atoms with Gasteiger partial charge in [-0.05, 0) is 13.8 Å². The van der Waals surface area contributed by atoms with Gasteiger partial charge in [0.25, 0.3) is 0 Å². The van der Waals surface area contributed by atoms with Gasteiger partial charge in [0.2, 0.25) is 0 Å². The Kier molecular flexibility index (Phi) is 4.93. The highest BCUT2D eigenvalue weighted by Crippen LogP contribution is 2.17. The summed E-state index contributed by atoms with van der Waals surface area (Å²) in [7, 11) is 8.06.